The molecule has 0 heterocycles. The summed E-state index contributed by atoms with van der Waals surface area (Å²) in [5.41, 5.74) is 8.50. The zero-order valence-electron chi connectivity index (χ0n) is 8.59. The third kappa shape index (κ3) is 3.60. The Morgan fingerprint density at radius 2 is 2.07 bits per heavy atom. The summed E-state index contributed by atoms with van der Waals surface area (Å²) in [4.78, 5) is 0. The highest BCUT2D eigenvalue weighted by Gasteiger charge is 2.08. The van der Waals surface area contributed by atoms with Crippen LogP contribution < -0.4 is 5.73 Å². The summed E-state index contributed by atoms with van der Waals surface area (Å²) in [7, 11) is 0. The predicted molar refractivity (Wildman–Crippen MR) is 68.0 cm³/mol. The first-order valence-corrected chi connectivity index (χ1v) is 5.46. The average Bonchev–Trinajstić information content (AvgIpc) is 2.04. The summed E-state index contributed by atoms with van der Waals surface area (Å²) in [5, 5.41) is 0. The first-order chi connectivity index (χ1) is 6.15. The van der Waals surface area contributed by atoms with Crippen molar-refractivity contribution in [3.05, 3.63) is 33.8 Å². The molecule has 0 saturated heterocycles. The minimum atomic E-state index is 0. The smallest absolute Gasteiger partial charge is 0.0305 e. The van der Waals surface area contributed by atoms with Crippen molar-refractivity contribution in [2.24, 2.45) is 5.73 Å². The van der Waals surface area contributed by atoms with Crippen molar-refractivity contribution in [3.63, 3.8) is 0 Å². The molecule has 2 N–H and O–H groups in total. The predicted octanol–water partition coefficient (Wildman–Crippen LogP) is 3.98. The van der Waals surface area contributed by atoms with Crippen LogP contribution in [0.15, 0.2) is 22.7 Å². The van der Waals surface area contributed by atoms with Crippen LogP contribution in [0.3, 0.4) is 0 Å². The molecule has 0 aliphatic rings. The molecule has 0 bridgehead atoms. The standard InChI is InChI=1S/C11H16BrN.ClH/c1-3-4-11(13)9-6-5-8(2)7-10(9)12;/h5-7,11H,3-4,13H2,1-2H3;1H/t11-;/m1./s1. The monoisotopic (exact) mass is 277 g/mol. The Hall–Kier alpha value is -0.0500. The Morgan fingerprint density at radius 1 is 1.43 bits per heavy atom. The molecule has 1 aromatic carbocycles. The van der Waals surface area contributed by atoms with E-state index in [1.165, 1.54) is 11.1 Å². The zero-order chi connectivity index (χ0) is 9.84. The second kappa shape index (κ2) is 6.44. The summed E-state index contributed by atoms with van der Waals surface area (Å²) in [6.07, 6.45) is 2.17. The summed E-state index contributed by atoms with van der Waals surface area (Å²) in [5.74, 6) is 0. The molecule has 0 fully saturated rings. The quantitative estimate of drug-likeness (QED) is 0.889. The first-order valence-electron chi connectivity index (χ1n) is 4.66. The molecule has 0 unspecified atom stereocenters. The topological polar surface area (TPSA) is 26.0 Å². The van der Waals surface area contributed by atoms with Crippen molar-refractivity contribution < 1.29 is 0 Å². The van der Waals surface area contributed by atoms with Crippen LogP contribution >= 0.6 is 28.3 Å². The van der Waals surface area contributed by atoms with Crippen LogP contribution in [0, 0.1) is 6.92 Å². The molecule has 0 spiro atoms. The van der Waals surface area contributed by atoms with Crippen molar-refractivity contribution in [1.82, 2.24) is 0 Å². The van der Waals surface area contributed by atoms with Gasteiger partial charge in [-0.3, -0.25) is 0 Å². The van der Waals surface area contributed by atoms with Crippen LogP contribution in [0.4, 0.5) is 0 Å². The van der Waals surface area contributed by atoms with Gasteiger partial charge >= 0.3 is 0 Å². The Morgan fingerprint density at radius 3 is 2.57 bits per heavy atom. The second-order valence-corrected chi connectivity index (χ2v) is 4.27. The summed E-state index contributed by atoms with van der Waals surface area (Å²) in [6.45, 7) is 4.24. The molecule has 0 aromatic heterocycles. The van der Waals surface area contributed by atoms with Crippen LogP contribution in [0.2, 0.25) is 0 Å². The molecule has 0 radical (unpaired) electrons. The SMILES string of the molecule is CCC[C@@H](N)c1ccc(C)cc1Br.Cl. The van der Waals surface area contributed by atoms with Gasteiger partial charge in [-0.1, -0.05) is 41.4 Å². The lowest BCUT2D eigenvalue weighted by Crippen LogP contribution is -2.10. The third-order valence-electron chi connectivity index (χ3n) is 2.16. The van der Waals surface area contributed by atoms with E-state index >= 15 is 0 Å². The van der Waals surface area contributed by atoms with Gasteiger partial charge in [-0.2, -0.15) is 0 Å². The lowest BCUT2D eigenvalue weighted by atomic mass is 10.0. The van der Waals surface area contributed by atoms with E-state index < -0.39 is 0 Å². The van der Waals surface area contributed by atoms with Gasteiger partial charge in [-0.15, -0.1) is 12.4 Å². The molecule has 1 atom stereocenters. The van der Waals surface area contributed by atoms with Crippen molar-refractivity contribution in [3.8, 4) is 0 Å². The molecule has 0 aliphatic heterocycles. The Kier molecular flexibility index (Phi) is 6.41. The fourth-order valence-corrected chi connectivity index (χ4v) is 2.19. The van der Waals surface area contributed by atoms with Crippen LogP contribution in [0.25, 0.3) is 0 Å². The number of aryl methyl sites for hydroxylation is 1. The summed E-state index contributed by atoms with van der Waals surface area (Å²) >= 11 is 3.54. The van der Waals surface area contributed by atoms with Crippen LogP contribution in [-0.4, -0.2) is 0 Å². The van der Waals surface area contributed by atoms with E-state index in [2.05, 4.69) is 48.0 Å². The Labute approximate surface area is 101 Å². The van der Waals surface area contributed by atoms with Gasteiger partial charge in [-0.05, 0) is 30.5 Å². The molecule has 1 nitrogen and oxygen atoms in total. The highest BCUT2D eigenvalue weighted by Crippen LogP contribution is 2.25. The average molecular weight is 279 g/mol. The van der Waals surface area contributed by atoms with E-state index in [4.69, 9.17) is 5.73 Å². The van der Waals surface area contributed by atoms with Crippen molar-refractivity contribution in [2.75, 3.05) is 0 Å². The molecule has 1 rings (SSSR count). The van der Waals surface area contributed by atoms with Gasteiger partial charge in [0.25, 0.3) is 0 Å². The second-order valence-electron chi connectivity index (χ2n) is 3.42. The number of benzene rings is 1. The first kappa shape index (κ1) is 13.9. The lowest BCUT2D eigenvalue weighted by molar-refractivity contribution is 0.636. The van der Waals surface area contributed by atoms with Crippen LogP contribution in [-0.2, 0) is 0 Å². The molecule has 0 aliphatic carbocycles. The minimum absolute atomic E-state index is 0. The molecule has 80 valence electrons. The lowest BCUT2D eigenvalue weighted by Gasteiger charge is -2.13. The largest absolute Gasteiger partial charge is 0.324 e. The van der Waals surface area contributed by atoms with Gasteiger partial charge in [0.15, 0.2) is 0 Å². The van der Waals surface area contributed by atoms with Crippen molar-refractivity contribution in [2.45, 2.75) is 32.7 Å². The molecular weight excluding hydrogens is 261 g/mol. The molecule has 0 amide bonds. The van der Waals surface area contributed by atoms with Crippen LogP contribution in [0.1, 0.15) is 36.9 Å². The number of hydrogen-bond acceptors (Lipinski definition) is 1. The molecular formula is C11H17BrClN. The zero-order valence-corrected chi connectivity index (χ0v) is 11.0. The summed E-state index contributed by atoms with van der Waals surface area (Å²) in [6, 6.07) is 6.50. The number of halogens is 2. The maximum absolute atomic E-state index is 6.03. The molecule has 1 aromatic rings. The Bertz CT molecular complexity index is 289. The van der Waals surface area contributed by atoms with Gasteiger partial charge in [0.2, 0.25) is 0 Å². The number of rotatable bonds is 3. The maximum atomic E-state index is 6.03. The fraction of sp³-hybridized carbons (Fsp3) is 0.455. The van der Waals surface area contributed by atoms with E-state index in [0.29, 0.717) is 0 Å². The van der Waals surface area contributed by atoms with Gasteiger partial charge in [-0.25, -0.2) is 0 Å². The number of nitrogens with two attached hydrogens (primary N) is 1. The molecule has 3 heteroatoms. The van der Waals surface area contributed by atoms with E-state index in [1.54, 1.807) is 0 Å². The minimum Gasteiger partial charge on any atom is -0.324 e. The van der Waals surface area contributed by atoms with Crippen molar-refractivity contribution in [1.29, 1.82) is 0 Å². The van der Waals surface area contributed by atoms with Gasteiger partial charge in [0.05, 0.1) is 0 Å². The highest BCUT2D eigenvalue weighted by molar-refractivity contribution is 9.10. The van der Waals surface area contributed by atoms with Gasteiger partial charge < -0.3 is 5.73 Å². The third-order valence-corrected chi connectivity index (χ3v) is 2.84. The van der Waals surface area contributed by atoms with E-state index in [1.807, 2.05) is 0 Å². The fourth-order valence-electron chi connectivity index (χ4n) is 1.40. The van der Waals surface area contributed by atoms with Gasteiger partial charge in [0, 0.05) is 10.5 Å². The normalized spacial score (nSPS) is 12.0. The number of hydrogen-bond donors (Lipinski definition) is 1. The van der Waals surface area contributed by atoms with Gasteiger partial charge in [0.1, 0.15) is 0 Å². The highest BCUT2D eigenvalue weighted by atomic mass is 79.9. The van der Waals surface area contributed by atoms with E-state index in [0.717, 1.165) is 17.3 Å². The van der Waals surface area contributed by atoms with Crippen LogP contribution in [0.5, 0.6) is 0 Å². The molecule has 0 saturated carbocycles. The molecule has 14 heavy (non-hydrogen) atoms. The maximum Gasteiger partial charge on any atom is 0.0305 e. The van der Waals surface area contributed by atoms with Crippen molar-refractivity contribution >= 4 is 28.3 Å². The van der Waals surface area contributed by atoms with E-state index in [9.17, 15) is 0 Å². The Balaban J connectivity index is 0.00000169. The van der Waals surface area contributed by atoms with E-state index in [-0.39, 0.29) is 18.4 Å². The summed E-state index contributed by atoms with van der Waals surface area (Å²) < 4.78 is 1.13.